The highest BCUT2D eigenvalue weighted by molar-refractivity contribution is 6.19. The van der Waals surface area contributed by atoms with E-state index < -0.39 is 0 Å². The van der Waals surface area contributed by atoms with Crippen molar-refractivity contribution < 1.29 is 8.83 Å². The van der Waals surface area contributed by atoms with Gasteiger partial charge in [-0.2, -0.15) is 0 Å². The summed E-state index contributed by atoms with van der Waals surface area (Å²) < 4.78 is 15.8. The Bertz CT molecular complexity index is 4500. The lowest BCUT2D eigenvalue weighted by molar-refractivity contribution is 0.669. The zero-order valence-electron chi connectivity index (χ0n) is 35.7. The molecule has 4 heterocycles. The smallest absolute Gasteiger partial charge is 0.166 e. The van der Waals surface area contributed by atoms with Gasteiger partial charge >= 0.3 is 0 Å². The Morgan fingerprint density at radius 2 is 0.806 bits per heavy atom. The third-order valence-corrected chi connectivity index (χ3v) is 13.7. The molecule has 0 spiro atoms. The number of benzene rings is 11. The molecule has 0 fully saturated rings. The van der Waals surface area contributed by atoms with E-state index in [1.54, 1.807) is 0 Å². The van der Waals surface area contributed by atoms with Crippen LogP contribution in [0.2, 0.25) is 0 Å². The third kappa shape index (κ3) is 5.47. The molecule has 4 aromatic heterocycles. The van der Waals surface area contributed by atoms with E-state index in [1.807, 2.05) is 18.2 Å². The van der Waals surface area contributed by atoms with Crippen molar-refractivity contribution in [3.8, 4) is 39.9 Å². The van der Waals surface area contributed by atoms with E-state index in [-0.39, 0.29) is 0 Å². The average Bonchev–Trinajstić information content (AvgIpc) is 4.05. The van der Waals surface area contributed by atoms with Gasteiger partial charge in [-0.15, -0.1) is 0 Å². The van der Waals surface area contributed by atoms with Crippen LogP contribution in [0.1, 0.15) is 0 Å². The van der Waals surface area contributed by atoms with E-state index in [1.165, 1.54) is 21.5 Å². The minimum atomic E-state index is 0.525. The minimum Gasteiger partial charge on any atom is -0.456 e. The molecule has 0 aliphatic carbocycles. The van der Waals surface area contributed by atoms with Gasteiger partial charge in [0, 0.05) is 54.4 Å². The second kappa shape index (κ2) is 13.7. The quantitative estimate of drug-likeness (QED) is 0.176. The molecule has 310 valence electrons. The molecule has 0 radical (unpaired) electrons. The number of para-hydroxylation sites is 1. The summed E-state index contributed by atoms with van der Waals surface area (Å²) in [6.07, 6.45) is 0. The number of furan rings is 2. The van der Waals surface area contributed by atoms with Crippen LogP contribution in [0.3, 0.4) is 0 Å². The number of fused-ring (bicyclic) bond motifs is 14. The Balaban J connectivity index is 1.08. The molecule has 67 heavy (non-hydrogen) atoms. The number of rotatable bonds is 4. The lowest BCUT2D eigenvalue weighted by atomic mass is 10.0. The van der Waals surface area contributed by atoms with Crippen molar-refractivity contribution in [3.63, 3.8) is 0 Å². The SMILES string of the molecule is c1ccc2cc(-c3nc(-c4ccc5c(c4)oc4ccccc45)nc(-c4cc5oc6c7ccccc7ccc6c5cc4-n4c5cc6ccccc6cc5c5cc6ccccc6cc54)n3)ccc2c1. The van der Waals surface area contributed by atoms with Gasteiger partial charge in [0.25, 0.3) is 0 Å². The first-order chi connectivity index (χ1) is 33.1. The molecule has 15 aromatic rings. The normalized spacial score (nSPS) is 12.2. The molecule has 0 aliphatic heterocycles. The van der Waals surface area contributed by atoms with Crippen LogP contribution in [0.4, 0.5) is 0 Å². The molecule has 0 N–H and O–H groups in total. The lowest BCUT2D eigenvalue weighted by Gasteiger charge is -2.15. The van der Waals surface area contributed by atoms with Crippen molar-refractivity contribution >= 4 is 109 Å². The molecule has 0 saturated heterocycles. The van der Waals surface area contributed by atoms with Crippen LogP contribution in [0.5, 0.6) is 0 Å². The predicted octanol–water partition coefficient (Wildman–Crippen LogP) is 16.4. The number of nitrogens with zero attached hydrogens (tertiary/aromatic N) is 4. The molecular weight excluding hydrogens is 821 g/mol. The van der Waals surface area contributed by atoms with Crippen molar-refractivity contribution in [2.75, 3.05) is 0 Å². The van der Waals surface area contributed by atoms with Gasteiger partial charge in [-0.1, -0.05) is 140 Å². The summed E-state index contributed by atoms with van der Waals surface area (Å²) in [7, 11) is 0. The molecule has 0 amide bonds. The first-order valence-electron chi connectivity index (χ1n) is 22.6. The Kier molecular flexibility index (Phi) is 7.40. The van der Waals surface area contributed by atoms with Gasteiger partial charge in [-0.25, -0.2) is 15.0 Å². The van der Waals surface area contributed by atoms with Gasteiger partial charge in [0.15, 0.2) is 17.5 Å². The van der Waals surface area contributed by atoms with E-state index in [0.717, 1.165) is 110 Å². The molecule has 11 aromatic carbocycles. The average molecular weight is 855 g/mol. The zero-order chi connectivity index (χ0) is 43.7. The van der Waals surface area contributed by atoms with Crippen molar-refractivity contribution in [1.82, 2.24) is 19.5 Å². The summed E-state index contributed by atoms with van der Waals surface area (Å²) in [5, 5.41) is 15.6. The van der Waals surface area contributed by atoms with E-state index in [0.29, 0.717) is 17.5 Å². The van der Waals surface area contributed by atoms with Crippen molar-refractivity contribution in [2.24, 2.45) is 0 Å². The molecule has 0 aliphatic rings. The summed E-state index contributed by atoms with van der Waals surface area (Å²) in [6, 6.07) is 72.9. The molecule has 6 heteroatoms. The van der Waals surface area contributed by atoms with Gasteiger partial charge in [-0.05, 0) is 104 Å². The third-order valence-electron chi connectivity index (χ3n) is 13.7. The summed E-state index contributed by atoms with van der Waals surface area (Å²) in [6.45, 7) is 0. The van der Waals surface area contributed by atoms with Crippen molar-refractivity contribution in [2.45, 2.75) is 0 Å². The fourth-order valence-corrected chi connectivity index (χ4v) is 10.5. The first kappa shape index (κ1) is 36.2. The Labute approximate surface area is 381 Å². The predicted molar refractivity (Wildman–Crippen MR) is 275 cm³/mol. The van der Waals surface area contributed by atoms with E-state index in [2.05, 4.69) is 193 Å². The lowest BCUT2D eigenvalue weighted by Crippen LogP contribution is -2.04. The second-order valence-corrected chi connectivity index (χ2v) is 17.6. The second-order valence-electron chi connectivity index (χ2n) is 17.6. The number of hydrogen-bond acceptors (Lipinski definition) is 5. The molecule has 0 bridgehead atoms. The van der Waals surface area contributed by atoms with E-state index in [4.69, 9.17) is 23.8 Å². The maximum Gasteiger partial charge on any atom is 0.166 e. The summed E-state index contributed by atoms with van der Waals surface area (Å²) in [5.74, 6) is 1.63. The van der Waals surface area contributed by atoms with Gasteiger partial charge in [0.1, 0.15) is 22.3 Å². The van der Waals surface area contributed by atoms with Gasteiger partial charge in [0.2, 0.25) is 0 Å². The highest BCUT2D eigenvalue weighted by atomic mass is 16.3. The maximum absolute atomic E-state index is 6.95. The molecule has 0 unspecified atom stereocenters. The van der Waals surface area contributed by atoms with Crippen LogP contribution >= 0.6 is 0 Å². The molecule has 15 rings (SSSR count). The number of aromatic nitrogens is 4. The highest BCUT2D eigenvalue weighted by Gasteiger charge is 2.24. The zero-order valence-corrected chi connectivity index (χ0v) is 35.7. The first-order valence-corrected chi connectivity index (χ1v) is 22.6. The van der Waals surface area contributed by atoms with Gasteiger partial charge < -0.3 is 13.4 Å². The van der Waals surface area contributed by atoms with Gasteiger partial charge in [0.05, 0.1) is 16.7 Å². The molecule has 0 saturated carbocycles. The fourth-order valence-electron chi connectivity index (χ4n) is 10.5. The summed E-state index contributed by atoms with van der Waals surface area (Å²) in [5.41, 5.74) is 8.84. The molecule has 0 atom stereocenters. The summed E-state index contributed by atoms with van der Waals surface area (Å²) in [4.78, 5) is 16.2. The van der Waals surface area contributed by atoms with Crippen LogP contribution < -0.4 is 0 Å². The standard InChI is InChI=1S/C61H34N4O2/c1-2-13-37-27-42(22-21-35(37)11-1)59-62-60(43-24-25-46-45-19-9-10-20-55(45)66-56(46)32-43)64-61(63-59)51-34-57-50(47-26-23-36-12-7-8-18-44(36)58(47)67-57)33-54(51)65-52-30-40-16-5-3-14-38(40)28-48(52)49-29-39-15-4-6-17-41(39)31-53(49)65/h1-34H. The van der Waals surface area contributed by atoms with E-state index >= 15 is 0 Å². The van der Waals surface area contributed by atoms with Crippen LogP contribution in [0.25, 0.3) is 149 Å². The topological polar surface area (TPSA) is 69.9 Å². The Hall–Kier alpha value is -9.13. The Morgan fingerprint density at radius 3 is 1.52 bits per heavy atom. The number of hydrogen-bond donors (Lipinski definition) is 0. The van der Waals surface area contributed by atoms with Crippen molar-refractivity contribution in [3.05, 3.63) is 206 Å². The molecule has 6 nitrogen and oxygen atoms in total. The van der Waals surface area contributed by atoms with Crippen molar-refractivity contribution in [1.29, 1.82) is 0 Å². The summed E-state index contributed by atoms with van der Waals surface area (Å²) >= 11 is 0. The maximum atomic E-state index is 6.95. The van der Waals surface area contributed by atoms with Crippen LogP contribution in [0.15, 0.2) is 215 Å². The van der Waals surface area contributed by atoms with E-state index in [9.17, 15) is 0 Å². The fraction of sp³-hybridized carbons (Fsp3) is 0. The van der Waals surface area contributed by atoms with Gasteiger partial charge in [-0.3, -0.25) is 0 Å². The Morgan fingerprint density at radius 1 is 0.299 bits per heavy atom. The highest BCUT2D eigenvalue weighted by Crippen LogP contribution is 2.44. The van der Waals surface area contributed by atoms with Crippen LogP contribution in [0, 0.1) is 0 Å². The van der Waals surface area contributed by atoms with Crippen LogP contribution in [-0.4, -0.2) is 19.5 Å². The van der Waals surface area contributed by atoms with Crippen LogP contribution in [-0.2, 0) is 0 Å². The monoisotopic (exact) mass is 854 g/mol. The molecular formula is C61H34N4O2. The minimum absolute atomic E-state index is 0.525. The largest absolute Gasteiger partial charge is 0.456 e.